The highest BCUT2D eigenvalue weighted by Gasteiger charge is 2.35. The first-order valence-corrected chi connectivity index (χ1v) is 9.13. The van der Waals surface area contributed by atoms with Crippen LogP contribution in [0.5, 0.6) is 11.5 Å². The van der Waals surface area contributed by atoms with Crippen molar-refractivity contribution in [2.75, 3.05) is 6.26 Å². The van der Waals surface area contributed by atoms with Crippen molar-refractivity contribution in [3.05, 3.63) is 58.0 Å². The maximum atomic E-state index is 13.2. The number of hydrogen-bond donors (Lipinski definition) is 1. The Labute approximate surface area is 161 Å². The number of ether oxygens (including phenoxy) is 1. The molecule has 3 rings (SSSR count). The van der Waals surface area contributed by atoms with Gasteiger partial charge in [0.15, 0.2) is 0 Å². The standard InChI is InChI=1S/C17H15F3N4O3S/c1-23-16(26)24(22-21-23)13-4-3-5-15(28-2)11(13)9-27-14-7-6-10(25)8-12(14)17(18,19)20/h3-8,25H,9H2,1-2H3. The normalized spacial score (nSPS) is 11.6. The van der Waals surface area contributed by atoms with Gasteiger partial charge < -0.3 is 9.84 Å². The lowest BCUT2D eigenvalue weighted by Crippen LogP contribution is -2.23. The molecule has 1 N–H and O–H groups in total. The second kappa shape index (κ2) is 7.58. The van der Waals surface area contributed by atoms with E-state index in [2.05, 4.69) is 10.4 Å². The van der Waals surface area contributed by atoms with Crippen LogP contribution in [0.3, 0.4) is 0 Å². The van der Waals surface area contributed by atoms with E-state index in [1.807, 2.05) is 0 Å². The van der Waals surface area contributed by atoms with E-state index in [1.54, 1.807) is 24.5 Å². The van der Waals surface area contributed by atoms with Crippen LogP contribution in [0.25, 0.3) is 5.69 Å². The van der Waals surface area contributed by atoms with Crippen molar-refractivity contribution < 1.29 is 23.0 Å². The van der Waals surface area contributed by atoms with Crippen LogP contribution in [-0.2, 0) is 19.8 Å². The quantitative estimate of drug-likeness (QED) is 0.649. The Morgan fingerprint density at radius 1 is 1.21 bits per heavy atom. The fourth-order valence-electron chi connectivity index (χ4n) is 2.57. The topological polar surface area (TPSA) is 82.2 Å². The lowest BCUT2D eigenvalue weighted by atomic mass is 10.1. The molecule has 2 aromatic carbocycles. The lowest BCUT2D eigenvalue weighted by molar-refractivity contribution is -0.139. The molecule has 1 aromatic heterocycles. The maximum absolute atomic E-state index is 13.2. The summed E-state index contributed by atoms with van der Waals surface area (Å²) >= 11 is 1.35. The van der Waals surface area contributed by atoms with E-state index in [9.17, 15) is 23.1 Å². The summed E-state index contributed by atoms with van der Waals surface area (Å²) in [5.74, 6) is -0.949. The Balaban J connectivity index is 2.02. The van der Waals surface area contributed by atoms with Crippen molar-refractivity contribution in [3.63, 3.8) is 0 Å². The van der Waals surface area contributed by atoms with E-state index in [-0.39, 0.29) is 6.61 Å². The third-order valence-corrected chi connectivity index (χ3v) is 4.74. The summed E-state index contributed by atoms with van der Waals surface area (Å²) in [6.07, 6.45) is -2.90. The molecule has 0 amide bonds. The Bertz CT molecular complexity index is 1060. The van der Waals surface area contributed by atoms with E-state index in [0.717, 1.165) is 21.5 Å². The summed E-state index contributed by atoms with van der Waals surface area (Å²) in [7, 11) is 1.44. The van der Waals surface area contributed by atoms with E-state index in [1.165, 1.54) is 18.8 Å². The minimum Gasteiger partial charge on any atom is -0.508 e. The fraction of sp³-hybridized carbons (Fsp3) is 0.235. The van der Waals surface area contributed by atoms with Gasteiger partial charge in [-0.1, -0.05) is 6.07 Å². The van der Waals surface area contributed by atoms with Crippen molar-refractivity contribution in [2.24, 2.45) is 7.05 Å². The zero-order valence-corrected chi connectivity index (χ0v) is 15.6. The predicted octanol–water partition coefficient (Wildman–Crippen LogP) is 2.99. The largest absolute Gasteiger partial charge is 0.508 e. The number of aromatic nitrogens is 4. The van der Waals surface area contributed by atoms with Gasteiger partial charge in [-0.3, -0.25) is 0 Å². The van der Waals surface area contributed by atoms with Crippen LogP contribution in [0.2, 0.25) is 0 Å². The summed E-state index contributed by atoms with van der Waals surface area (Å²) in [5.41, 5.74) is -0.747. The zero-order valence-electron chi connectivity index (χ0n) is 14.8. The fourth-order valence-corrected chi connectivity index (χ4v) is 3.19. The first kappa shape index (κ1) is 19.8. The van der Waals surface area contributed by atoms with E-state index < -0.39 is 28.9 Å². The molecule has 0 bridgehead atoms. The number of hydrogen-bond acceptors (Lipinski definition) is 6. The average molecular weight is 412 g/mol. The highest BCUT2D eigenvalue weighted by atomic mass is 32.2. The average Bonchev–Trinajstić information content (AvgIpc) is 2.98. The molecule has 0 radical (unpaired) electrons. The van der Waals surface area contributed by atoms with E-state index >= 15 is 0 Å². The molecule has 0 unspecified atom stereocenters. The molecule has 7 nitrogen and oxygen atoms in total. The lowest BCUT2D eigenvalue weighted by Gasteiger charge is -2.17. The number of aromatic hydroxyl groups is 1. The first-order valence-electron chi connectivity index (χ1n) is 7.90. The van der Waals surface area contributed by atoms with Crippen LogP contribution < -0.4 is 10.4 Å². The van der Waals surface area contributed by atoms with Crippen LogP contribution in [-0.4, -0.2) is 31.2 Å². The van der Waals surface area contributed by atoms with Crippen LogP contribution in [0, 0.1) is 0 Å². The van der Waals surface area contributed by atoms with Crippen LogP contribution >= 0.6 is 11.8 Å². The number of phenolic OH excluding ortho intramolecular Hbond substituents is 1. The highest BCUT2D eigenvalue weighted by molar-refractivity contribution is 7.98. The third kappa shape index (κ3) is 3.84. The number of phenols is 1. The number of tetrazole rings is 1. The molecular weight excluding hydrogens is 397 g/mol. The summed E-state index contributed by atoms with van der Waals surface area (Å²) in [4.78, 5) is 12.9. The number of thioether (sulfide) groups is 1. The van der Waals surface area contributed by atoms with Gasteiger partial charge in [0.05, 0.1) is 5.69 Å². The number of rotatable bonds is 5. The summed E-state index contributed by atoms with van der Waals surface area (Å²) in [5, 5.41) is 16.8. The van der Waals surface area contributed by atoms with E-state index in [0.29, 0.717) is 22.2 Å². The van der Waals surface area contributed by atoms with Crippen molar-refractivity contribution in [1.29, 1.82) is 0 Å². The predicted molar refractivity (Wildman–Crippen MR) is 95.8 cm³/mol. The van der Waals surface area contributed by atoms with Crippen LogP contribution in [0.15, 0.2) is 46.1 Å². The van der Waals surface area contributed by atoms with Crippen LogP contribution in [0.1, 0.15) is 11.1 Å². The molecule has 0 saturated heterocycles. The summed E-state index contributed by atoms with van der Waals surface area (Å²) in [6.45, 7) is -0.247. The Morgan fingerprint density at radius 2 is 1.96 bits per heavy atom. The number of benzene rings is 2. The van der Waals surface area contributed by atoms with Gasteiger partial charge in [0, 0.05) is 17.5 Å². The highest BCUT2D eigenvalue weighted by Crippen LogP contribution is 2.39. The third-order valence-electron chi connectivity index (χ3n) is 3.92. The van der Waals surface area contributed by atoms with Crippen molar-refractivity contribution in [2.45, 2.75) is 17.7 Å². The smallest absolute Gasteiger partial charge is 0.420 e. The number of aryl methyl sites for hydroxylation is 1. The molecule has 11 heteroatoms. The molecule has 3 aromatic rings. The molecule has 0 fully saturated rings. The molecule has 0 atom stereocenters. The van der Waals surface area contributed by atoms with Gasteiger partial charge in [-0.2, -0.15) is 22.5 Å². The second-order valence-corrected chi connectivity index (χ2v) is 6.57. The molecule has 0 aliphatic carbocycles. The first-order chi connectivity index (χ1) is 13.2. The molecule has 28 heavy (non-hydrogen) atoms. The molecule has 0 spiro atoms. The zero-order chi connectivity index (χ0) is 20.5. The van der Waals surface area contributed by atoms with Crippen molar-refractivity contribution >= 4 is 11.8 Å². The SMILES string of the molecule is CSc1cccc(-n2nnn(C)c2=O)c1COc1ccc(O)cc1C(F)(F)F. The minimum absolute atomic E-state index is 0.247. The molecule has 148 valence electrons. The number of alkyl halides is 3. The van der Waals surface area contributed by atoms with Gasteiger partial charge in [0.25, 0.3) is 0 Å². The maximum Gasteiger partial charge on any atom is 0.420 e. The van der Waals surface area contributed by atoms with E-state index in [4.69, 9.17) is 4.74 Å². The molecule has 1 heterocycles. The Morgan fingerprint density at radius 3 is 2.57 bits per heavy atom. The monoisotopic (exact) mass is 412 g/mol. The second-order valence-electron chi connectivity index (χ2n) is 5.72. The number of halogens is 3. The van der Waals surface area contributed by atoms with Gasteiger partial charge in [0.1, 0.15) is 23.7 Å². The minimum atomic E-state index is -4.70. The molecular formula is C17H15F3N4O3S. The van der Waals surface area contributed by atoms with Crippen LogP contribution in [0.4, 0.5) is 13.2 Å². The summed E-state index contributed by atoms with van der Waals surface area (Å²) < 4.78 is 47.3. The Hall–Kier alpha value is -2.95. The van der Waals surface area contributed by atoms with Gasteiger partial charge in [-0.05, 0) is 47.0 Å². The van der Waals surface area contributed by atoms with Gasteiger partial charge >= 0.3 is 11.9 Å². The van der Waals surface area contributed by atoms with Gasteiger partial charge in [0.2, 0.25) is 0 Å². The summed E-state index contributed by atoms with van der Waals surface area (Å²) in [6, 6.07) is 7.83. The van der Waals surface area contributed by atoms with Crippen molar-refractivity contribution in [3.8, 4) is 17.2 Å². The molecule has 0 aliphatic rings. The van der Waals surface area contributed by atoms with Crippen molar-refractivity contribution in [1.82, 2.24) is 19.8 Å². The number of nitrogens with zero attached hydrogens (tertiary/aromatic N) is 4. The molecule has 0 saturated carbocycles. The molecule has 0 aliphatic heterocycles. The van der Waals surface area contributed by atoms with Gasteiger partial charge in [-0.15, -0.1) is 11.8 Å². The van der Waals surface area contributed by atoms with Gasteiger partial charge in [-0.25, -0.2) is 4.79 Å². The Kier molecular flexibility index (Phi) is 5.36.